The van der Waals surface area contributed by atoms with Crippen LogP contribution in [0.15, 0.2) is 24.3 Å². The minimum atomic E-state index is -0.239. The van der Waals surface area contributed by atoms with E-state index >= 15 is 0 Å². The van der Waals surface area contributed by atoms with Gasteiger partial charge >= 0.3 is 0 Å². The third kappa shape index (κ3) is 6.36. The molecule has 0 aliphatic rings. The first-order chi connectivity index (χ1) is 8.99. The number of amides is 1. The van der Waals surface area contributed by atoms with Crippen LogP contribution in [0.1, 0.15) is 26.3 Å². The first-order valence-electron chi connectivity index (χ1n) is 6.71. The number of aryl methyl sites for hydroxylation is 1. The number of rotatable bonds is 7. The fourth-order valence-electron chi connectivity index (χ4n) is 1.55. The third-order valence-electron chi connectivity index (χ3n) is 2.72. The van der Waals surface area contributed by atoms with E-state index in [4.69, 9.17) is 4.74 Å². The first-order valence-corrected chi connectivity index (χ1v) is 6.71. The van der Waals surface area contributed by atoms with E-state index in [0.717, 1.165) is 5.69 Å². The largest absolute Gasteiger partial charge is 0.377 e. The Morgan fingerprint density at radius 2 is 1.84 bits per heavy atom. The molecule has 1 rings (SSSR count). The van der Waals surface area contributed by atoms with E-state index in [1.165, 1.54) is 5.56 Å². The summed E-state index contributed by atoms with van der Waals surface area (Å²) >= 11 is 0. The molecular formula is C15H24N2O2. The van der Waals surface area contributed by atoms with Crippen LogP contribution in [0.25, 0.3) is 0 Å². The van der Waals surface area contributed by atoms with Crippen LogP contribution < -0.4 is 10.6 Å². The zero-order valence-electron chi connectivity index (χ0n) is 12.2. The molecule has 106 valence electrons. The van der Waals surface area contributed by atoms with Gasteiger partial charge in [0.25, 0.3) is 0 Å². The molecule has 1 aromatic carbocycles. The van der Waals surface area contributed by atoms with Crippen LogP contribution in [0.3, 0.4) is 0 Å². The lowest BCUT2D eigenvalue weighted by atomic mass is 10.2. The second-order valence-electron chi connectivity index (χ2n) is 4.95. The van der Waals surface area contributed by atoms with Crippen LogP contribution in [-0.4, -0.2) is 31.2 Å². The van der Waals surface area contributed by atoms with Gasteiger partial charge in [-0.15, -0.1) is 0 Å². The maximum Gasteiger partial charge on any atom is 0.241 e. The summed E-state index contributed by atoms with van der Waals surface area (Å²) in [6.07, 6.45) is 0.221. The van der Waals surface area contributed by atoms with Crippen LogP contribution in [0.5, 0.6) is 0 Å². The van der Waals surface area contributed by atoms with Crippen molar-refractivity contribution in [1.29, 1.82) is 0 Å². The van der Waals surface area contributed by atoms with E-state index in [1.54, 1.807) is 0 Å². The molecule has 0 saturated carbocycles. The lowest BCUT2D eigenvalue weighted by Gasteiger charge is -2.15. The monoisotopic (exact) mass is 264 g/mol. The molecule has 4 heteroatoms. The highest BCUT2D eigenvalue weighted by Gasteiger charge is 2.11. The quantitative estimate of drug-likeness (QED) is 0.743. The van der Waals surface area contributed by atoms with E-state index < -0.39 is 0 Å². The average molecular weight is 264 g/mol. The fourth-order valence-corrected chi connectivity index (χ4v) is 1.55. The molecule has 0 aromatic heterocycles. The van der Waals surface area contributed by atoms with Crippen molar-refractivity contribution >= 4 is 11.6 Å². The van der Waals surface area contributed by atoms with Crippen molar-refractivity contribution in [2.45, 2.75) is 39.8 Å². The number of carbonyl (C=O) groups excluding carboxylic acids is 1. The maximum atomic E-state index is 11.9. The Morgan fingerprint density at radius 3 is 2.42 bits per heavy atom. The fraction of sp³-hybridized carbons (Fsp3) is 0.533. The molecule has 1 amide bonds. The molecule has 1 aromatic rings. The Hall–Kier alpha value is -1.39. The molecule has 0 saturated heterocycles. The van der Waals surface area contributed by atoms with Gasteiger partial charge in [-0.25, -0.2) is 0 Å². The second kappa shape index (κ2) is 7.92. The molecule has 0 spiro atoms. The number of anilines is 1. The molecule has 0 heterocycles. The average Bonchev–Trinajstić information content (AvgIpc) is 2.36. The van der Waals surface area contributed by atoms with Gasteiger partial charge in [0, 0.05) is 12.2 Å². The van der Waals surface area contributed by atoms with Crippen LogP contribution in [-0.2, 0) is 9.53 Å². The van der Waals surface area contributed by atoms with Gasteiger partial charge in [-0.3, -0.25) is 4.79 Å². The summed E-state index contributed by atoms with van der Waals surface area (Å²) in [5.41, 5.74) is 2.00. The smallest absolute Gasteiger partial charge is 0.241 e. The van der Waals surface area contributed by atoms with E-state index in [2.05, 4.69) is 10.6 Å². The molecule has 0 fully saturated rings. The molecule has 2 N–H and O–H groups in total. The van der Waals surface area contributed by atoms with Crippen molar-refractivity contribution < 1.29 is 9.53 Å². The Labute approximate surface area is 115 Å². The number of hydrogen-bond donors (Lipinski definition) is 2. The minimum Gasteiger partial charge on any atom is -0.377 e. The maximum absolute atomic E-state index is 11.9. The molecule has 19 heavy (non-hydrogen) atoms. The van der Waals surface area contributed by atoms with Gasteiger partial charge in [0.2, 0.25) is 5.91 Å². The summed E-state index contributed by atoms with van der Waals surface area (Å²) in [4.78, 5) is 11.9. The molecule has 0 aliphatic heterocycles. The van der Waals surface area contributed by atoms with Crippen LogP contribution >= 0.6 is 0 Å². The molecule has 0 bridgehead atoms. The number of benzene rings is 1. The number of ether oxygens (including phenoxy) is 1. The van der Waals surface area contributed by atoms with Crippen molar-refractivity contribution in [3.63, 3.8) is 0 Å². The Morgan fingerprint density at radius 1 is 1.21 bits per heavy atom. The third-order valence-corrected chi connectivity index (χ3v) is 2.72. The zero-order chi connectivity index (χ0) is 14.3. The molecular weight excluding hydrogens is 240 g/mol. The topological polar surface area (TPSA) is 50.4 Å². The lowest BCUT2D eigenvalue weighted by Crippen LogP contribution is -2.39. The van der Waals surface area contributed by atoms with Gasteiger partial charge in [0.1, 0.15) is 0 Å². The van der Waals surface area contributed by atoms with E-state index in [-0.39, 0.29) is 18.1 Å². The summed E-state index contributed by atoms with van der Waals surface area (Å²) < 4.78 is 5.41. The zero-order valence-corrected chi connectivity index (χ0v) is 12.2. The van der Waals surface area contributed by atoms with Crippen molar-refractivity contribution in [3.8, 4) is 0 Å². The minimum absolute atomic E-state index is 0.0339. The second-order valence-corrected chi connectivity index (χ2v) is 4.95. The van der Waals surface area contributed by atoms with Gasteiger partial charge in [0.05, 0.1) is 18.8 Å². The predicted molar refractivity (Wildman–Crippen MR) is 78.4 cm³/mol. The van der Waals surface area contributed by atoms with Crippen molar-refractivity contribution in [1.82, 2.24) is 5.32 Å². The first kappa shape index (κ1) is 15.7. The van der Waals surface area contributed by atoms with Gasteiger partial charge in [-0.05, 0) is 39.8 Å². The molecule has 1 atom stereocenters. The van der Waals surface area contributed by atoms with Crippen LogP contribution in [0.4, 0.5) is 5.69 Å². The summed E-state index contributed by atoms with van der Waals surface area (Å²) in [6.45, 7) is 9.13. The van der Waals surface area contributed by atoms with Gasteiger partial charge in [0.15, 0.2) is 0 Å². The number of carbonyl (C=O) groups is 1. The highest BCUT2D eigenvalue weighted by Crippen LogP contribution is 2.08. The number of nitrogens with one attached hydrogen (secondary N) is 2. The highest BCUT2D eigenvalue weighted by molar-refractivity contribution is 5.94. The highest BCUT2D eigenvalue weighted by atomic mass is 16.5. The predicted octanol–water partition coefficient (Wildman–Crippen LogP) is 2.34. The van der Waals surface area contributed by atoms with Crippen LogP contribution in [0, 0.1) is 6.92 Å². The standard InChI is InChI=1S/C15H24N2O2/c1-11(2)19-10-9-16-13(4)15(18)17-14-7-5-12(3)6-8-14/h5-8,11,13,16H,9-10H2,1-4H3,(H,17,18). The Balaban J connectivity index is 2.30. The molecule has 4 nitrogen and oxygen atoms in total. The van der Waals surface area contributed by atoms with E-state index in [1.807, 2.05) is 52.0 Å². The molecule has 0 aliphatic carbocycles. The number of hydrogen-bond acceptors (Lipinski definition) is 3. The summed E-state index contributed by atoms with van der Waals surface area (Å²) in [6, 6.07) is 7.52. The lowest BCUT2D eigenvalue weighted by molar-refractivity contribution is -0.117. The Bertz CT molecular complexity index is 388. The van der Waals surface area contributed by atoms with Crippen molar-refractivity contribution in [2.75, 3.05) is 18.5 Å². The summed E-state index contributed by atoms with van der Waals surface area (Å²) in [7, 11) is 0. The van der Waals surface area contributed by atoms with Crippen LogP contribution in [0.2, 0.25) is 0 Å². The van der Waals surface area contributed by atoms with Crippen molar-refractivity contribution in [2.24, 2.45) is 0 Å². The van der Waals surface area contributed by atoms with Gasteiger partial charge in [-0.1, -0.05) is 17.7 Å². The summed E-state index contributed by atoms with van der Waals surface area (Å²) in [5, 5.41) is 6.01. The summed E-state index contributed by atoms with van der Waals surface area (Å²) in [5.74, 6) is -0.0339. The van der Waals surface area contributed by atoms with Gasteiger partial charge < -0.3 is 15.4 Å². The molecule has 0 radical (unpaired) electrons. The molecule has 1 unspecified atom stereocenters. The van der Waals surface area contributed by atoms with E-state index in [0.29, 0.717) is 13.2 Å². The SMILES string of the molecule is Cc1ccc(NC(=O)C(C)NCCOC(C)C)cc1. The van der Waals surface area contributed by atoms with E-state index in [9.17, 15) is 4.79 Å². The van der Waals surface area contributed by atoms with Crippen molar-refractivity contribution in [3.05, 3.63) is 29.8 Å². The normalized spacial score (nSPS) is 12.5. The van der Waals surface area contributed by atoms with Gasteiger partial charge in [-0.2, -0.15) is 0 Å². The Kier molecular flexibility index (Phi) is 6.53.